The van der Waals surface area contributed by atoms with Gasteiger partial charge in [-0.1, -0.05) is 0 Å². The highest BCUT2D eigenvalue weighted by Crippen LogP contribution is 2.12. The first-order valence-electron chi connectivity index (χ1n) is 3.37. The van der Waals surface area contributed by atoms with Gasteiger partial charge in [0.15, 0.2) is 0 Å². The van der Waals surface area contributed by atoms with Crippen LogP contribution in [0, 0.1) is 0 Å². The van der Waals surface area contributed by atoms with Gasteiger partial charge < -0.3 is 9.47 Å². The number of hydrogen-bond acceptors (Lipinski definition) is 4. The van der Waals surface area contributed by atoms with E-state index in [4.69, 9.17) is 15.3 Å². The van der Waals surface area contributed by atoms with E-state index in [1.807, 2.05) is 13.8 Å². The monoisotopic (exact) mass is 146 g/mol. The van der Waals surface area contributed by atoms with Gasteiger partial charge in [0.05, 0.1) is 13.2 Å². The Morgan fingerprint density at radius 1 is 1.80 bits per heavy atom. The SMILES string of the molecule is CC(C)(NN)OCC1CO1. The number of epoxide rings is 1. The molecular formula is C6H14N2O2. The minimum Gasteiger partial charge on any atom is -0.371 e. The predicted octanol–water partition coefficient (Wildman–Crippen LogP) is -0.399. The summed E-state index contributed by atoms with van der Waals surface area (Å²) in [5.74, 6) is 5.20. The molecule has 1 unspecified atom stereocenters. The number of nitrogens with one attached hydrogen (secondary N) is 1. The van der Waals surface area contributed by atoms with E-state index in [1.165, 1.54) is 0 Å². The van der Waals surface area contributed by atoms with Crippen molar-refractivity contribution in [3.8, 4) is 0 Å². The molecule has 10 heavy (non-hydrogen) atoms. The van der Waals surface area contributed by atoms with Crippen LogP contribution in [0.25, 0.3) is 0 Å². The maximum Gasteiger partial charge on any atom is 0.125 e. The van der Waals surface area contributed by atoms with Crippen molar-refractivity contribution in [2.24, 2.45) is 5.84 Å². The fraction of sp³-hybridized carbons (Fsp3) is 1.00. The van der Waals surface area contributed by atoms with Gasteiger partial charge in [-0.2, -0.15) is 0 Å². The number of ether oxygens (including phenoxy) is 2. The summed E-state index contributed by atoms with van der Waals surface area (Å²) >= 11 is 0. The summed E-state index contributed by atoms with van der Waals surface area (Å²) in [6.45, 7) is 5.18. The van der Waals surface area contributed by atoms with Gasteiger partial charge in [0, 0.05) is 0 Å². The molecule has 0 aliphatic carbocycles. The van der Waals surface area contributed by atoms with Crippen LogP contribution in [0.5, 0.6) is 0 Å². The van der Waals surface area contributed by atoms with E-state index in [0.717, 1.165) is 6.61 Å². The van der Waals surface area contributed by atoms with Crippen LogP contribution in [0.1, 0.15) is 13.8 Å². The van der Waals surface area contributed by atoms with Crippen molar-refractivity contribution >= 4 is 0 Å². The van der Waals surface area contributed by atoms with Gasteiger partial charge in [-0.25, -0.2) is 5.43 Å². The highest BCUT2D eigenvalue weighted by atomic mass is 16.6. The molecule has 0 bridgehead atoms. The fourth-order valence-electron chi connectivity index (χ4n) is 0.507. The maximum absolute atomic E-state index is 5.34. The lowest BCUT2D eigenvalue weighted by Gasteiger charge is -2.23. The molecule has 4 nitrogen and oxygen atoms in total. The lowest BCUT2D eigenvalue weighted by atomic mass is 10.3. The topological polar surface area (TPSA) is 59.8 Å². The predicted molar refractivity (Wildman–Crippen MR) is 37.1 cm³/mol. The second-order valence-electron chi connectivity index (χ2n) is 2.92. The van der Waals surface area contributed by atoms with Crippen molar-refractivity contribution in [1.29, 1.82) is 0 Å². The molecule has 0 saturated carbocycles. The standard InChI is InChI=1S/C6H14N2O2/c1-6(2,8-7)10-4-5-3-9-5/h5,8H,3-4,7H2,1-2H3. The van der Waals surface area contributed by atoms with Crippen molar-refractivity contribution in [2.45, 2.75) is 25.7 Å². The van der Waals surface area contributed by atoms with E-state index < -0.39 is 5.72 Å². The van der Waals surface area contributed by atoms with Crippen molar-refractivity contribution in [3.63, 3.8) is 0 Å². The molecule has 1 aliphatic heterocycles. The van der Waals surface area contributed by atoms with Crippen LogP contribution in [0.4, 0.5) is 0 Å². The molecule has 1 fully saturated rings. The van der Waals surface area contributed by atoms with Crippen LogP contribution in [-0.2, 0) is 9.47 Å². The highest BCUT2D eigenvalue weighted by molar-refractivity contribution is 4.70. The molecule has 60 valence electrons. The van der Waals surface area contributed by atoms with Crippen molar-refractivity contribution in [3.05, 3.63) is 0 Å². The molecule has 1 saturated heterocycles. The molecule has 3 N–H and O–H groups in total. The van der Waals surface area contributed by atoms with E-state index in [0.29, 0.717) is 12.7 Å². The molecular weight excluding hydrogens is 132 g/mol. The number of rotatable bonds is 4. The summed E-state index contributed by atoms with van der Waals surface area (Å²) in [5.41, 5.74) is 2.11. The molecule has 1 aliphatic rings. The van der Waals surface area contributed by atoms with Crippen LogP contribution in [0.3, 0.4) is 0 Å². The molecule has 0 radical (unpaired) electrons. The Morgan fingerprint density at radius 2 is 2.40 bits per heavy atom. The lowest BCUT2D eigenvalue weighted by Crippen LogP contribution is -2.47. The maximum atomic E-state index is 5.34. The number of nitrogens with two attached hydrogens (primary N) is 1. The van der Waals surface area contributed by atoms with Gasteiger partial charge in [-0.3, -0.25) is 5.84 Å². The molecule has 1 heterocycles. The van der Waals surface area contributed by atoms with E-state index in [-0.39, 0.29) is 0 Å². The molecule has 1 rings (SSSR count). The van der Waals surface area contributed by atoms with Gasteiger partial charge >= 0.3 is 0 Å². The number of hydrazine groups is 1. The Morgan fingerprint density at radius 3 is 2.80 bits per heavy atom. The zero-order valence-electron chi connectivity index (χ0n) is 6.39. The van der Waals surface area contributed by atoms with Crippen LogP contribution in [0.15, 0.2) is 0 Å². The Labute approximate surface area is 60.6 Å². The van der Waals surface area contributed by atoms with E-state index >= 15 is 0 Å². The van der Waals surface area contributed by atoms with Crippen LogP contribution < -0.4 is 11.3 Å². The van der Waals surface area contributed by atoms with E-state index in [9.17, 15) is 0 Å². The summed E-state index contributed by atoms with van der Waals surface area (Å²) in [5, 5.41) is 0. The first-order chi connectivity index (χ1) is 4.64. The third-order valence-corrected chi connectivity index (χ3v) is 1.38. The number of hydrogen-bond donors (Lipinski definition) is 2. The van der Waals surface area contributed by atoms with Crippen LogP contribution >= 0.6 is 0 Å². The molecule has 0 aromatic heterocycles. The normalized spacial score (nSPS) is 24.9. The first kappa shape index (κ1) is 7.94. The minimum atomic E-state index is -0.439. The fourth-order valence-corrected chi connectivity index (χ4v) is 0.507. The van der Waals surface area contributed by atoms with Gasteiger partial charge in [0.25, 0.3) is 0 Å². The average Bonchev–Trinajstić information content (AvgIpc) is 2.66. The quantitative estimate of drug-likeness (QED) is 0.245. The van der Waals surface area contributed by atoms with Crippen molar-refractivity contribution < 1.29 is 9.47 Å². The van der Waals surface area contributed by atoms with Crippen molar-refractivity contribution in [1.82, 2.24) is 5.43 Å². The van der Waals surface area contributed by atoms with Crippen LogP contribution in [-0.4, -0.2) is 25.0 Å². The van der Waals surface area contributed by atoms with Gasteiger partial charge in [-0.05, 0) is 13.8 Å². The molecule has 0 amide bonds. The van der Waals surface area contributed by atoms with Gasteiger partial charge in [-0.15, -0.1) is 0 Å². The Hall–Kier alpha value is -0.160. The molecule has 4 heteroatoms. The summed E-state index contributed by atoms with van der Waals surface area (Å²) < 4.78 is 10.3. The Balaban J connectivity index is 2.09. The minimum absolute atomic E-state index is 0.299. The summed E-state index contributed by atoms with van der Waals surface area (Å²) in [6.07, 6.45) is 0.299. The van der Waals surface area contributed by atoms with Crippen molar-refractivity contribution in [2.75, 3.05) is 13.2 Å². The highest BCUT2D eigenvalue weighted by Gasteiger charge is 2.26. The van der Waals surface area contributed by atoms with E-state index in [1.54, 1.807) is 0 Å². The summed E-state index contributed by atoms with van der Waals surface area (Å²) in [6, 6.07) is 0. The zero-order valence-corrected chi connectivity index (χ0v) is 6.39. The lowest BCUT2D eigenvalue weighted by molar-refractivity contribution is -0.0487. The smallest absolute Gasteiger partial charge is 0.125 e. The molecule has 0 aromatic rings. The van der Waals surface area contributed by atoms with E-state index in [2.05, 4.69) is 5.43 Å². The van der Waals surface area contributed by atoms with Gasteiger partial charge in [0.2, 0.25) is 0 Å². The molecule has 0 aromatic carbocycles. The first-order valence-corrected chi connectivity index (χ1v) is 3.37. The second-order valence-corrected chi connectivity index (χ2v) is 2.92. The Bertz CT molecular complexity index is 112. The average molecular weight is 146 g/mol. The van der Waals surface area contributed by atoms with Gasteiger partial charge in [0.1, 0.15) is 11.8 Å². The largest absolute Gasteiger partial charge is 0.371 e. The summed E-state index contributed by atoms with van der Waals surface area (Å²) in [4.78, 5) is 0. The van der Waals surface area contributed by atoms with Crippen LogP contribution in [0.2, 0.25) is 0 Å². The second kappa shape index (κ2) is 2.84. The molecule has 0 spiro atoms. The zero-order chi connectivity index (χ0) is 7.61. The third kappa shape index (κ3) is 2.62. The Kier molecular flexibility index (Phi) is 2.25. The summed E-state index contributed by atoms with van der Waals surface area (Å²) in [7, 11) is 0. The third-order valence-electron chi connectivity index (χ3n) is 1.38. The molecule has 1 atom stereocenters.